The number of benzene rings is 1. The Hall–Kier alpha value is -0.960. The van der Waals surface area contributed by atoms with Gasteiger partial charge in [0.25, 0.3) is 0 Å². The molecule has 1 rings (SSSR count). The molecule has 5 heteroatoms. The molecule has 0 fully saturated rings. The Labute approximate surface area is 83.4 Å². The van der Waals surface area contributed by atoms with E-state index < -0.39 is 18.7 Å². The summed E-state index contributed by atoms with van der Waals surface area (Å²) >= 11 is 0. The van der Waals surface area contributed by atoms with Gasteiger partial charge in [-0.1, -0.05) is 30.3 Å². The predicted molar refractivity (Wildman–Crippen MR) is 54.0 cm³/mol. The SMILES string of the molecule is O=C(O)C(CO)OPc1ccccc1. The van der Waals surface area contributed by atoms with Crippen LogP contribution in [0.3, 0.4) is 0 Å². The fourth-order valence-corrected chi connectivity index (χ4v) is 1.59. The third kappa shape index (κ3) is 3.42. The molecule has 0 bridgehead atoms. The summed E-state index contributed by atoms with van der Waals surface area (Å²) in [5.74, 6) is -1.14. The fourth-order valence-electron chi connectivity index (χ4n) is 0.811. The van der Waals surface area contributed by atoms with Gasteiger partial charge in [0.1, 0.15) is 0 Å². The first-order valence-electron chi connectivity index (χ1n) is 4.04. The summed E-state index contributed by atoms with van der Waals surface area (Å²) in [6.45, 7) is -0.505. The number of rotatable bonds is 5. The summed E-state index contributed by atoms with van der Waals surface area (Å²) in [5, 5.41) is 18.2. The van der Waals surface area contributed by atoms with Crippen molar-refractivity contribution in [3.63, 3.8) is 0 Å². The van der Waals surface area contributed by atoms with Gasteiger partial charge in [-0.3, -0.25) is 0 Å². The van der Waals surface area contributed by atoms with E-state index >= 15 is 0 Å². The van der Waals surface area contributed by atoms with Crippen molar-refractivity contribution in [3.8, 4) is 0 Å². The Balaban J connectivity index is 2.44. The van der Waals surface area contributed by atoms with Gasteiger partial charge >= 0.3 is 5.97 Å². The Kier molecular flexibility index (Phi) is 4.53. The van der Waals surface area contributed by atoms with E-state index in [9.17, 15) is 4.79 Å². The number of carbonyl (C=O) groups is 1. The van der Waals surface area contributed by atoms with Crippen LogP contribution in [0.25, 0.3) is 0 Å². The highest BCUT2D eigenvalue weighted by Crippen LogP contribution is 2.14. The first kappa shape index (κ1) is 11.1. The van der Waals surface area contributed by atoms with Crippen molar-refractivity contribution in [1.82, 2.24) is 0 Å². The van der Waals surface area contributed by atoms with E-state index in [1.807, 2.05) is 30.3 Å². The Morgan fingerprint density at radius 1 is 1.43 bits per heavy atom. The highest BCUT2D eigenvalue weighted by atomic mass is 31.1. The third-order valence-electron chi connectivity index (χ3n) is 1.53. The molecule has 0 aromatic heterocycles. The molecular weight excluding hydrogens is 203 g/mol. The Bertz CT molecular complexity index is 288. The molecule has 1 aromatic rings. The van der Waals surface area contributed by atoms with Crippen LogP contribution < -0.4 is 5.30 Å². The monoisotopic (exact) mass is 214 g/mol. The van der Waals surface area contributed by atoms with Crippen molar-refractivity contribution in [2.45, 2.75) is 6.10 Å². The summed E-state index contributed by atoms with van der Waals surface area (Å²) in [6.07, 6.45) is -1.13. The molecule has 0 saturated carbocycles. The normalized spacial score (nSPS) is 13.2. The first-order chi connectivity index (χ1) is 6.74. The quantitative estimate of drug-likeness (QED) is 0.695. The highest BCUT2D eigenvalue weighted by Gasteiger charge is 2.16. The summed E-state index contributed by atoms with van der Waals surface area (Å²) < 4.78 is 5.02. The minimum Gasteiger partial charge on any atom is -0.479 e. The zero-order valence-electron chi connectivity index (χ0n) is 7.38. The number of hydrogen-bond donors (Lipinski definition) is 2. The van der Waals surface area contributed by atoms with E-state index in [1.165, 1.54) is 0 Å². The lowest BCUT2D eigenvalue weighted by atomic mass is 10.4. The van der Waals surface area contributed by atoms with Crippen LogP contribution in [-0.4, -0.2) is 28.9 Å². The van der Waals surface area contributed by atoms with Crippen LogP contribution in [0.1, 0.15) is 0 Å². The average Bonchev–Trinajstić information content (AvgIpc) is 2.20. The molecule has 0 aliphatic carbocycles. The van der Waals surface area contributed by atoms with Crippen LogP contribution in [0.5, 0.6) is 0 Å². The molecule has 2 atom stereocenters. The summed E-state index contributed by atoms with van der Waals surface area (Å²) in [5.41, 5.74) is 0. The smallest absolute Gasteiger partial charge is 0.335 e. The van der Waals surface area contributed by atoms with Crippen LogP contribution in [0.2, 0.25) is 0 Å². The molecule has 0 radical (unpaired) electrons. The number of aliphatic hydroxyl groups excluding tert-OH is 1. The Morgan fingerprint density at radius 3 is 2.57 bits per heavy atom. The summed E-state index contributed by atoms with van der Waals surface area (Å²) in [6, 6.07) is 9.25. The van der Waals surface area contributed by atoms with Gasteiger partial charge < -0.3 is 14.7 Å². The second kappa shape index (κ2) is 5.70. The van der Waals surface area contributed by atoms with Gasteiger partial charge in [0.15, 0.2) is 6.10 Å². The van der Waals surface area contributed by atoms with Gasteiger partial charge in [-0.2, -0.15) is 0 Å². The third-order valence-corrected chi connectivity index (χ3v) is 2.51. The molecule has 4 nitrogen and oxygen atoms in total. The number of hydrogen-bond acceptors (Lipinski definition) is 3. The molecule has 0 amide bonds. The average molecular weight is 214 g/mol. The maximum atomic E-state index is 10.5. The highest BCUT2D eigenvalue weighted by molar-refractivity contribution is 7.42. The second-order valence-electron chi connectivity index (χ2n) is 2.60. The molecule has 1 aromatic carbocycles. The van der Waals surface area contributed by atoms with E-state index in [4.69, 9.17) is 14.7 Å². The molecular formula is C9H11O4P. The molecule has 2 N–H and O–H groups in total. The summed E-state index contributed by atoms with van der Waals surface area (Å²) in [7, 11) is -0.0564. The van der Waals surface area contributed by atoms with Crippen molar-refractivity contribution in [1.29, 1.82) is 0 Å². The van der Waals surface area contributed by atoms with Crippen LogP contribution in [0.15, 0.2) is 30.3 Å². The van der Waals surface area contributed by atoms with Crippen molar-refractivity contribution in [2.75, 3.05) is 6.61 Å². The van der Waals surface area contributed by atoms with E-state index in [1.54, 1.807) is 0 Å². The van der Waals surface area contributed by atoms with Gasteiger partial charge in [0, 0.05) is 8.81 Å². The number of aliphatic carboxylic acids is 1. The zero-order valence-corrected chi connectivity index (χ0v) is 8.38. The summed E-state index contributed by atoms with van der Waals surface area (Å²) in [4.78, 5) is 10.5. The van der Waals surface area contributed by atoms with E-state index in [0.717, 1.165) is 5.30 Å². The molecule has 14 heavy (non-hydrogen) atoms. The van der Waals surface area contributed by atoms with Gasteiger partial charge in [-0.15, -0.1) is 0 Å². The second-order valence-corrected chi connectivity index (χ2v) is 3.61. The minimum atomic E-state index is -1.14. The standard InChI is InChI=1S/C9H11O4P/c10-6-8(9(11)12)13-14-7-4-2-1-3-5-7/h1-5,8,10,14H,6H2,(H,11,12). The van der Waals surface area contributed by atoms with Crippen LogP contribution in [0.4, 0.5) is 0 Å². The molecule has 0 saturated heterocycles. The molecule has 0 spiro atoms. The molecule has 0 heterocycles. The lowest BCUT2D eigenvalue weighted by Gasteiger charge is -2.09. The lowest BCUT2D eigenvalue weighted by Crippen LogP contribution is -2.25. The largest absolute Gasteiger partial charge is 0.479 e. The fraction of sp³-hybridized carbons (Fsp3) is 0.222. The van der Waals surface area contributed by atoms with E-state index in [0.29, 0.717) is 0 Å². The van der Waals surface area contributed by atoms with E-state index in [2.05, 4.69) is 0 Å². The zero-order chi connectivity index (χ0) is 10.4. The van der Waals surface area contributed by atoms with Gasteiger partial charge in [-0.05, 0) is 5.30 Å². The van der Waals surface area contributed by atoms with Gasteiger partial charge in [-0.25, -0.2) is 4.79 Å². The number of aliphatic hydroxyl groups is 1. The number of carboxylic acid groups (broad SMARTS) is 1. The van der Waals surface area contributed by atoms with Crippen molar-refractivity contribution < 1.29 is 19.5 Å². The van der Waals surface area contributed by atoms with Crippen LogP contribution in [0, 0.1) is 0 Å². The van der Waals surface area contributed by atoms with Gasteiger partial charge in [0.05, 0.1) is 6.61 Å². The van der Waals surface area contributed by atoms with Crippen LogP contribution in [-0.2, 0) is 9.32 Å². The van der Waals surface area contributed by atoms with E-state index in [-0.39, 0.29) is 8.81 Å². The number of carboxylic acids is 1. The van der Waals surface area contributed by atoms with Crippen molar-refractivity contribution >= 4 is 20.1 Å². The van der Waals surface area contributed by atoms with Gasteiger partial charge in [0.2, 0.25) is 0 Å². The van der Waals surface area contributed by atoms with Crippen molar-refractivity contribution in [3.05, 3.63) is 30.3 Å². The Morgan fingerprint density at radius 2 is 2.07 bits per heavy atom. The predicted octanol–water partition coefficient (Wildman–Crippen LogP) is 0.367. The topological polar surface area (TPSA) is 66.8 Å². The maximum absolute atomic E-state index is 10.5. The first-order valence-corrected chi connectivity index (χ1v) is 4.95. The molecule has 0 aliphatic rings. The minimum absolute atomic E-state index is 0.0564. The van der Waals surface area contributed by atoms with Crippen LogP contribution >= 0.6 is 8.81 Å². The molecule has 76 valence electrons. The maximum Gasteiger partial charge on any atom is 0.335 e. The van der Waals surface area contributed by atoms with Crippen molar-refractivity contribution in [2.24, 2.45) is 0 Å². The lowest BCUT2D eigenvalue weighted by molar-refractivity contribution is -0.146. The molecule has 2 unspecified atom stereocenters. The molecule has 0 aliphatic heterocycles.